The van der Waals surface area contributed by atoms with E-state index in [1.54, 1.807) is 0 Å². The summed E-state index contributed by atoms with van der Waals surface area (Å²) in [6.07, 6.45) is 6.62. The molecule has 1 aromatic rings. The SMILES string of the molecule is c1ccc2c(c1)OCCC2N(CC1CCNCC1)C1CC1. The highest BCUT2D eigenvalue weighted by Gasteiger charge is 2.38. The smallest absolute Gasteiger partial charge is 0.124 e. The van der Waals surface area contributed by atoms with Gasteiger partial charge < -0.3 is 10.1 Å². The Morgan fingerprint density at radius 1 is 1.05 bits per heavy atom. The van der Waals surface area contributed by atoms with Gasteiger partial charge in [0.1, 0.15) is 5.75 Å². The van der Waals surface area contributed by atoms with Crippen molar-refractivity contribution in [2.24, 2.45) is 5.92 Å². The van der Waals surface area contributed by atoms with Gasteiger partial charge in [0.15, 0.2) is 0 Å². The number of benzene rings is 1. The molecule has 0 amide bonds. The van der Waals surface area contributed by atoms with Crippen LogP contribution in [0.1, 0.15) is 43.7 Å². The van der Waals surface area contributed by atoms with Crippen LogP contribution >= 0.6 is 0 Å². The third-order valence-electron chi connectivity index (χ3n) is 5.27. The third-order valence-corrected chi connectivity index (χ3v) is 5.27. The van der Waals surface area contributed by atoms with E-state index in [9.17, 15) is 0 Å². The van der Waals surface area contributed by atoms with Gasteiger partial charge in [0.25, 0.3) is 0 Å². The highest BCUT2D eigenvalue weighted by atomic mass is 16.5. The molecule has 2 heterocycles. The van der Waals surface area contributed by atoms with Crippen LogP contribution < -0.4 is 10.1 Å². The number of piperidine rings is 1. The second-order valence-electron chi connectivity index (χ2n) is 6.81. The van der Waals surface area contributed by atoms with Gasteiger partial charge in [-0.25, -0.2) is 0 Å². The maximum absolute atomic E-state index is 5.86. The zero-order chi connectivity index (χ0) is 14.1. The Morgan fingerprint density at radius 3 is 2.67 bits per heavy atom. The van der Waals surface area contributed by atoms with E-state index < -0.39 is 0 Å². The molecule has 114 valence electrons. The van der Waals surface area contributed by atoms with Crippen LogP contribution in [0.15, 0.2) is 24.3 Å². The van der Waals surface area contributed by atoms with Crippen molar-refractivity contribution in [2.75, 3.05) is 26.2 Å². The van der Waals surface area contributed by atoms with E-state index in [2.05, 4.69) is 34.5 Å². The molecule has 3 aliphatic rings. The van der Waals surface area contributed by atoms with Gasteiger partial charge in [0.05, 0.1) is 6.61 Å². The van der Waals surface area contributed by atoms with Crippen LogP contribution in [-0.4, -0.2) is 37.2 Å². The van der Waals surface area contributed by atoms with Gasteiger partial charge in [-0.05, 0) is 50.8 Å². The normalized spacial score (nSPS) is 26.4. The number of hydrogen-bond acceptors (Lipinski definition) is 3. The first kappa shape index (κ1) is 13.6. The highest BCUT2D eigenvalue weighted by Crippen LogP contribution is 2.42. The Balaban J connectivity index is 1.54. The summed E-state index contributed by atoms with van der Waals surface area (Å²) < 4.78 is 5.86. The van der Waals surface area contributed by atoms with E-state index in [1.165, 1.54) is 50.9 Å². The quantitative estimate of drug-likeness (QED) is 0.921. The molecule has 0 aromatic heterocycles. The first-order valence-corrected chi connectivity index (χ1v) is 8.60. The predicted octanol–water partition coefficient (Wildman–Crippen LogP) is 2.97. The van der Waals surface area contributed by atoms with Crippen LogP contribution in [-0.2, 0) is 0 Å². The van der Waals surface area contributed by atoms with Crippen LogP contribution in [0.5, 0.6) is 5.75 Å². The molecular weight excluding hydrogens is 260 g/mol. The number of nitrogens with zero attached hydrogens (tertiary/aromatic N) is 1. The number of fused-ring (bicyclic) bond motifs is 1. The second kappa shape index (κ2) is 5.98. The van der Waals surface area contributed by atoms with Crippen LogP contribution in [0, 0.1) is 5.92 Å². The molecule has 0 spiro atoms. The fraction of sp³-hybridized carbons (Fsp3) is 0.667. The summed E-state index contributed by atoms with van der Waals surface area (Å²) in [7, 11) is 0. The second-order valence-corrected chi connectivity index (χ2v) is 6.81. The van der Waals surface area contributed by atoms with Gasteiger partial charge in [-0.2, -0.15) is 0 Å². The zero-order valence-corrected chi connectivity index (χ0v) is 12.8. The van der Waals surface area contributed by atoms with E-state index in [1.807, 2.05) is 0 Å². The Bertz CT molecular complexity index is 480. The molecule has 21 heavy (non-hydrogen) atoms. The Kier molecular flexibility index (Phi) is 3.87. The van der Waals surface area contributed by atoms with Crippen molar-refractivity contribution < 1.29 is 4.74 Å². The number of rotatable bonds is 4. The van der Waals surface area contributed by atoms with E-state index in [-0.39, 0.29) is 0 Å². The van der Waals surface area contributed by atoms with Crippen LogP contribution in [0.4, 0.5) is 0 Å². The Hall–Kier alpha value is -1.06. The largest absolute Gasteiger partial charge is 0.493 e. The average Bonchev–Trinajstić information content (AvgIpc) is 3.38. The molecule has 1 N–H and O–H groups in total. The van der Waals surface area contributed by atoms with Crippen molar-refractivity contribution in [1.82, 2.24) is 10.2 Å². The first-order valence-electron chi connectivity index (χ1n) is 8.60. The van der Waals surface area contributed by atoms with Gasteiger partial charge in [0.2, 0.25) is 0 Å². The summed E-state index contributed by atoms with van der Waals surface area (Å²) in [5, 5.41) is 3.49. The predicted molar refractivity (Wildman–Crippen MR) is 84.6 cm³/mol. The van der Waals surface area contributed by atoms with Crippen molar-refractivity contribution in [3.05, 3.63) is 29.8 Å². The Labute approximate surface area is 127 Å². The van der Waals surface area contributed by atoms with Crippen molar-refractivity contribution >= 4 is 0 Å². The van der Waals surface area contributed by atoms with Gasteiger partial charge in [-0.15, -0.1) is 0 Å². The van der Waals surface area contributed by atoms with Crippen LogP contribution in [0.2, 0.25) is 0 Å². The minimum atomic E-state index is 0.581. The molecule has 2 fully saturated rings. The number of ether oxygens (including phenoxy) is 1. The van der Waals surface area contributed by atoms with Crippen LogP contribution in [0.3, 0.4) is 0 Å². The summed E-state index contributed by atoms with van der Waals surface area (Å²) in [4.78, 5) is 2.82. The lowest BCUT2D eigenvalue weighted by molar-refractivity contribution is 0.106. The molecule has 1 aliphatic carbocycles. The van der Waals surface area contributed by atoms with E-state index in [0.29, 0.717) is 6.04 Å². The molecule has 1 saturated heterocycles. The average molecular weight is 286 g/mol. The Morgan fingerprint density at radius 2 is 1.86 bits per heavy atom. The molecule has 4 rings (SSSR count). The standard InChI is InChI=1S/C18H26N2O/c1-2-4-18-16(3-1)17(9-12-21-18)20(15-5-6-15)13-14-7-10-19-11-8-14/h1-4,14-15,17,19H,5-13H2. The van der Waals surface area contributed by atoms with E-state index >= 15 is 0 Å². The van der Waals surface area contributed by atoms with Crippen molar-refractivity contribution in [3.63, 3.8) is 0 Å². The lowest BCUT2D eigenvalue weighted by Crippen LogP contribution is -2.40. The van der Waals surface area contributed by atoms with Gasteiger partial charge in [0, 0.05) is 30.6 Å². The number of hydrogen-bond donors (Lipinski definition) is 1. The lowest BCUT2D eigenvalue weighted by atomic mass is 9.93. The van der Waals surface area contributed by atoms with E-state index in [0.717, 1.165) is 30.7 Å². The summed E-state index contributed by atoms with van der Waals surface area (Å²) in [6.45, 7) is 4.56. The molecule has 3 nitrogen and oxygen atoms in total. The fourth-order valence-corrected chi connectivity index (χ4v) is 3.97. The lowest BCUT2D eigenvalue weighted by Gasteiger charge is -2.38. The minimum Gasteiger partial charge on any atom is -0.493 e. The third kappa shape index (κ3) is 2.95. The monoisotopic (exact) mass is 286 g/mol. The molecule has 1 atom stereocenters. The summed E-state index contributed by atoms with van der Waals surface area (Å²) >= 11 is 0. The number of para-hydroxylation sites is 1. The summed E-state index contributed by atoms with van der Waals surface area (Å²) in [6, 6.07) is 10.1. The molecule has 2 aliphatic heterocycles. The first-order chi connectivity index (χ1) is 10.4. The van der Waals surface area contributed by atoms with Crippen molar-refractivity contribution in [2.45, 2.75) is 44.2 Å². The highest BCUT2D eigenvalue weighted by molar-refractivity contribution is 5.37. The van der Waals surface area contributed by atoms with Crippen molar-refractivity contribution in [3.8, 4) is 5.75 Å². The number of nitrogens with one attached hydrogen (secondary N) is 1. The maximum Gasteiger partial charge on any atom is 0.124 e. The van der Waals surface area contributed by atoms with Gasteiger partial charge in [-0.3, -0.25) is 4.90 Å². The van der Waals surface area contributed by atoms with E-state index in [4.69, 9.17) is 4.74 Å². The molecule has 0 bridgehead atoms. The van der Waals surface area contributed by atoms with Gasteiger partial charge in [-0.1, -0.05) is 18.2 Å². The topological polar surface area (TPSA) is 24.5 Å². The zero-order valence-electron chi connectivity index (χ0n) is 12.8. The summed E-state index contributed by atoms with van der Waals surface area (Å²) in [5.74, 6) is 1.99. The molecule has 1 saturated carbocycles. The molecule has 3 heteroatoms. The fourth-order valence-electron chi connectivity index (χ4n) is 3.97. The summed E-state index contributed by atoms with van der Waals surface area (Å²) in [5.41, 5.74) is 1.42. The van der Waals surface area contributed by atoms with Crippen LogP contribution in [0.25, 0.3) is 0 Å². The molecule has 1 unspecified atom stereocenters. The van der Waals surface area contributed by atoms with Gasteiger partial charge >= 0.3 is 0 Å². The minimum absolute atomic E-state index is 0.581. The molecular formula is C18H26N2O. The van der Waals surface area contributed by atoms with Crippen molar-refractivity contribution in [1.29, 1.82) is 0 Å². The molecule has 1 aromatic carbocycles. The molecule has 0 radical (unpaired) electrons. The maximum atomic E-state index is 5.86.